The van der Waals surface area contributed by atoms with E-state index in [1.165, 1.54) is 12.1 Å². The number of amides is 1. The number of carbonyl (C=O) groups excluding carboxylic acids is 1. The van der Waals surface area contributed by atoms with Gasteiger partial charge in [-0.1, -0.05) is 41.9 Å². The number of hydrogen-bond acceptors (Lipinski definition) is 4. The summed E-state index contributed by atoms with van der Waals surface area (Å²) in [6.45, 7) is 1.88. The lowest BCUT2D eigenvalue weighted by atomic mass is 10.1. The molecule has 0 unspecified atom stereocenters. The maximum atomic E-state index is 12.9. The Bertz CT molecular complexity index is 1370. The lowest BCUT2D eigenvalue weighted by Gasteiger charge is -2.36. The number of nitrogens with zero attached hydrogens (tertiary/aromatic N) is 4. The topological polar surface area (TPSA) is 49.3 Å². The van der Waals surface area contributed by atoms with Crippen LogP contribution in [0.4, 0.5) is 19.0 Å². The molecule has 4 aromatic rings. The zero-order valence-corrected chi connectivity index (χ0v) is 19.2. The minimum Gasteiger partial charge on any atom is -0.352 e. The van der Waals surface area contributed by atoms with Crippen molar-refractivity contribution in [2.45, 2.75) is 6.18 Å². The molecule has 2 heterocycles. The highest BCUT2D eigenvalue weighted by molar-refractivity contribution is 6.31. The van der Waals surface area contributed by atoms with Gasteiger partial charge in [0.05, 0.1) is 11.1 Å². The number of piperazine rings is 1. The molecule has 1 aliphatic rings. The summed E-state index contributed by atoms with van der Waals surface area (Å²) in [7, 11) is 0. The van der Waals surface area contributed by atoms with E-state index in [-0.39, 0.29) is 11.5 Å². The molecule has 0 spiro atoms. The highest BCUT2D eigenvalue weighted by Crippen LogP contribution is 2.31. The predicted octanol–water partition coefficient (Wildman–Crippen LogP) is 5.93. The second-order valence-corrected chi connectivity index (χ2v) is 8.69. The Morgan fingerprint density at radius 1 is 0.857 bits per heavy atom. The first-order valence-corrected chi connectivity index (χ1v) is 11.4. The fraction of sp³-hybridized carbons (Fsp3) is 0.192. The van der Waals surface area contributed by atoms with Crippen LogP contribution >= 0.6 is 11.6 Å². The summed E-state index contributed by atoms with van der Waals surface area (Å²) in [6.07, 6.45) is -4.43. The van der Waals surface area contributed by atoms with Crippen LogP contribution in [0.1, 0.15) is 15.9 Å². The van der Waals surface area contributed by atoms with Crippen molar-refractivity contribution in [3.63, 3.8) is 0 Å². The largest absolute Gasteiger partial charge is 0.416 e. The standard InChI is InChI=1S/C26H20ClF3N4O/c27-20-10-11-21-22(16-20)31-23(17-4-2-1-3-5-17)32-24(21)33-12-14-34(15-13-33)25(35)18-6-8-19(9-7-18)26(28,29)30/h1-11,16H,12-15H2. The van der Waals surface area contributed by atoms with Crippen molar-refractivity contribution >= 4 is 34.2 Å². The van der Waals surface area contributed by atoms with E-state index in [1.807, 2.05) is 36.4 Å². The minimum atomic E-state index is -4.43. The number of fused-ring (bicyclic) bond motifs is 1. The van der Waals surface area contributed by atoms with Gasteiger partial charge in [0.2, 0.25) is 0 Å². The quantitative estimate of drug-likeness (QED) is 0.352. The number of hydrogen-bond donors (Lipinski definition) is 0. The van der Waals surface area contributed by atoms with Crippen molar-refractivity contribution in [1.29, 1.82) is 0 Å². The van der Waals surface area contributed by atoms with Crippen LogP contribution in [0, 0.1) is 0 Å². The van der Waals surface area contributed by atoms with Crippen LogP contribution in [-0.2, 0) is 6.18 Å². The molecule has 5 rings (SSSR count). The maximum Gasteiger partial charge on any atom is 0.416 e. The molecule has 1 aliphatic heterocycles. The van der Waals surface area contributed by atoms with E-state index in [2.05, 4.69) is 4.90 Å². The first-order chi connectivity index (χ1) is 16.8. The molecule has 0 aliphatic carbocycles. The van der Waals surface area contributed by atoms with E-state index in [0.29, 0.717) is 37.0 Å². The van der Waals surface area contributed by atoms with Gasteiger partial charge in [0, 0.05) is 47.7 Å². The molecule has 1 saturated heterocycles. The third kappa shape index (κ3) is 4.79. The Balaban J connectivity index is 1.38. The molecule has 0 atom stereocenters. The Morgan fingerprint density at radius 3 is 2.20 bits per heavy atom. The summed E-state index contributed by atoms with van der Waals surface area (Å²) < 4.78 is 38.5. The van der Waals surface area contributed by atoms with Gasteiger partial charge in [-0.2, -0.15) is 13.2 Å². The van der Waals surface area contributed by atoms with Gasteiger partial charge in [0.1, 0.15) is 5.82 Å². The first-order valence-electron chi connectivity index (χ1n) is 11.0. The molecule has 0 radical (unpaired) electrons. The third-order valence-electron chi connectivity index (χ3n) is 6.00. The normalized spacial score (nSPS) is 14.4. The molecule has 0 saturated carbocycles. The van der Waals surface area contributed by atoms with Crippen LogP contribution in [0.5, 0.6) is 0 Å². The fourth-order valence-electron chi connectivity index (χ4n) is 4.15. The molecule has 178 valence electrons. The second kappa shape index (κ2) is 9.19. The van der Waals surface area contributed by atoms with Gasteiger partial charge in [0.15, 0.2) is 5.82 Å². The number of benzene rings is 3. The van der Waals surface area contributed by atoms with E-state index in [9.17, 15) is 18.0 Å². The van der Waals surface area contributed by atoms with Crippen LogP contribution in [0.15, 0.2) is 72.8 Å². The lowest BCUT2D eigenvalue weighted by Crippen LogP contribution is -2.49. The van der Waals surface area contributed by atoms with E-state index in [0.717, 1.165) is 34.4 Å². The van der Waals surface area contributed by atoms with Crippen molar-refractivity contribution in [3.05, 3.63) is 88.9 Å². The molecular formula is C26H20ClF3N4O. The smallest absolute Gasteiger partial charge is 0.352 e. The molecule has 1 fully saturated rings. The number of carbonyl (C=O) groups is 1. The van der Waals surface area contributed by atoms with E-state index in [1.54, 1.807) is 17.0 Å². The van der Waals surface area contributed by atoms with Crippen LogP contribution < -0.4 is 4.90 Å². The van der Waals surface area contributed by atoms with Crippen LogP contribution in [0.2, 0.25) is 5.02 Å². The van der Waals surface area contributed by atoms with E-state index in [4.69, 9.17) is 21.6 Å². The Hall–Kier alpha value is -3.65. The average molecular weight is 497 g/mol. The Labute approximate surface area is 204 Å². The van der Waals surface area contributed by atoms with Gasteiger partial charge in [0.25, 0.3) is 5.91 Å². The Morgan fingerprint density at radius 2 is 1.54 bits per heavy atom. The van der Waals surface area contributed by atoms with E-state index < -0.39 is 11.7 Å². The minimum absolute atomic E-state index is 0.236. The van der Waals surface area contributed by atoms with Gasteiger partial charge in [-0.05, 0) is 42.5 Å². The zero-order chi connectivity index (χ0) is 24.6. The van der Waals surface area contributed by atoms with Crippen molar-refractivity contribution in [3.8, 4) is 11.4 Å². The highest BCUT2D eigenvalue weighted by Gasteiger charge is 2.31. The number of halogens is 4. The Kier molecular flexibility index (Phi) is 6.06. The molecule has 5 nitrogen and oxygen atoms in total. The number of anilines is 1. The number of alkyl halides is 3. The molecule has 0 N–H and O–H groups in total. The zero-order valence-electron chi connectivity index (χ0n) is 18.5. The monoisotopic (exact) mass is 496 g/mol. The first kappa shape index (κ1) is 23.1. The van der Waals surface area contributed by atoms with Crippen molar-refractivity contribution in [2.24, 2.45) is 0 Å². The predicted molar refractivity (Wildman–Crippen MR) is 130 cm³/mol. The third-order valence-corrected chi connectivity index (χ3v) is 6.23. The second-order valence-electron chi connectivity index (χ2n) is 8.25. The SMILES string of the molecule is O=C(c1ccc(C(F)(F)F)cc1)N1CCN(c2nc(-c3ccccc3)nc3cc(Cl)ccc23)CC1. The van der Waals surface area contributed by atoms with Gasteiger partial charge >= 0.3 is 6.18 Å². The molecular weight excluding hydrogens is 477 g/mol. The van der Waals surface area contributed by atoms with Crippen LogP contribution in [-0.4, -0.2) is 47.0 Å². The fourth-order valence-corrected chi connectivity index (χ4v) is 4.32. The average Bonchev–Trinajstić information content (AvgIpc) is 2.87. The van der Waals surface area contributed by atoms with E-state index >= 15 is 0 Å². The van der Waals surface area contributed by atoms with Crippen molar-refractivity contribution in [2.75, 3.05) is 31.1 Å². The summed E-state index contributed by atoms with van der Waals surface area (Å²) >= 11 is 6.22. The number of rotatable bonds is 3. The van der Waals surface area contributed by atoms with Crippen LogP contribution in [0.25, 0.3) is 22.3 Å². The van der Waals surface area contributed by atoms with Gasteiger partial charge in [-0.25, -0.2) is 9.97 Å². The molecule has 1 aromatic heterocycles. The molecule has 1 amide bonds. The van der Waals surface area contributed by atoms with Gasteiger partial charge in [-0.15, -0.1) is 0 Å². The number of aromatic nitrogens is 2. The lowest BCUT2D eigenvalue weighted by molar-refractivity contribution is -0.137. The summed E-state index contributed by atoms with van der Waals surface area (Å²) in [5.74, 6) is 1.05. The summed E-state index contributed by atoms with van der Waals surface area (Å²) in [5.41, 5.74) is 1.07. The summed E-state index contributed by atoms with van der Waals surface area (Å²) in [4.78, 5) is 26.2. The van der Waals surface area contributed by atoms with Gasteiger partial charge < -0.3 is 9.80 Å². The summed E-state index contributed by atoms with van der Waals surface area (Å²) in [5, 5.41) is 1.43. The van der Waals surface area contributed by atoms with Gasteiger partial charge in [-0.3, -0.25) is 4.79 Å². The van der Waals surface area contributed by atoms with Crippen molar-refractivity contribution < 1.29 is 18.0 Å². The molecule has 9 heteroatoms. The maximum absolute atomic E-state index is 12.9. The summed E-state index contributed by atoms with van der Waals surface area (Å²) in [6, 6.07) is 19.5. The molecule has 35 heavy (non-hydrogen) atoms. The van der Waals surface area contributed by atoms with Crippen molar-refractivity contribution in [1.82, 2.24) is 14.9 Å². The highest BCUT2D eigenvalue weighted by atomic mass is 35.5. The van der Waals surface area contributed by atoms with Crippen LogP contribution in [0.3, 0.4) is 0 Å². The molecule has 3 aromatic carbocycles. The molecule has 0 bridgehead atoms.